The summed E-state index contributed by atoms with van der Waals surface area (Å²) in [6.07, 6.45) is 5.43. The van der Waals surface area contributed by atoms with Crippen molar-refractivity contribution in [1.82, 2.24) is 10.2 Å². The maximum Gasteiger partial charge on any atom is 0.0702 e. The van der Waals surface area contributed by atoms with E-state index in [0.717, 1.165) is 38.6 Å². The van der Waals surface area contributed by atoms with Crippen molar-refractivity contribution in [2.24, 2.45) is 5.92 Å². The van der Waals surface area contributed by atoms with Crippen LogP contribution >= 0.6 is 0 Å². The molecule has 0 aromatic carbocycles. The van der Waals surface area contributed by atoms with Gasteiger partial charge in [-0.05, 0) is 44.7 Å². The Labute approximate surface area is 113 Å². The molecule has 3 heteroatoms. The molecule has 1 heterocycles. The molecule has 1 unspecified atom stereocenters. The Bertz CT molecular complexity index is 197. The predicted molar refractivity (Wildman–Crippen MR) is 78.0 cm³/mol. The van der Waals surface area contributed by atoms with Crippen molar-refractivity contribution < 1.29 is 4.74 Å². The second-order valence-corrected chi connectivity index (χ2v) is 5.87. The van der Waals surface area contributed by atoms with E-state index in [-0.39, 0.29) is 0 Å². The molecule has 0 bridgehead atoms. The Kier molecular flexibility index (Phi) is 8.64. The second kappa shape index (κ2) is 9.76. The maximum absolute atomic E-state index is 5.86. The first kappa shape index (κ1) is 15.9. The van der Waals surface area contributed by atoms with Gasteiger partial charge in [0.2, 0.25) is 0 Å². The molecule has 0 amide bonds. The molecule has 0 saturated carbocycles. The van der Waals surface area contributed by atoms with Crippen molar-refractivity contribution >= 4 is 0 Å². The summed E-state index contributed by atoms with van der Waals surface area (Å²) in [6.45, 7) is 13.5. The van der Waals surface area contributed by atoms with Crippen LogP contribution in [-0.2, 0) is 4.74 Å². The van der Waals surface area contributed by atoms with Crippen molar-refractivity contribution in [3.8, 4) is 0 Å². The number of hydrogen-bond donors (Lipinski definition) is 1. The van der Waals surface area contributed by atoms with Gasteiger partial charge in [-0.2, -0.15) is 0 Å². The van der Waals surface area contributed by atoms with Crippen LogP contribution in [0, 0.1) is 5.92 Å². The summed E-state index contributed by atoms with van der Waals surface area (Å²) >= 11 is 0. The van der Waals surface area contributed by atoms with E-state index in [1.54, 1.807) is 0 Å². The molecule has 1 fully saturated rings. The monoisotopic (exact) mass is 256 g/mol. The van der Waals surface area contributed by atoms with Crippen molar-refractivity contribution in [1.29, 1.82) is 0 Å². The lowest BCUT2D eigenvalue weighted by molar-refractivity contribution is 0.000372. The van der Waals surface area contributed by atoms with Gasteiger partial charge in [0.25, 0.3) is 0 Å². The molecular weight excluding hydrogens is 224 g/mol. The number of hydrogen-bond acceptors (Lipinski definition) is 3. The molecule has 0 spiro atoms. The van der Waals surface area contributed by atoms with Crippen LogP contribution in [0.3, 0.4) is 0 Å². The quantitative estimate of drug-likeness (QED) is 0.642. The minimum absolute atomic E-state index is 0.481. The van der Waals surface area contributed by atoms with E-state index in [1.807, 2.05) is 0 Å². The van der Waals surface area contributed by atoms with E-state index in [1.165, 1.54) is 32.4 Å². The average Bonchev–Trinajstić information content (AvgIpc) is 2.36. The third-order valence-electron chi connectivity index (χ3n) is 3.52. The number of ether oxygens (including phenoxy) is 1. The topological polar surface area (TPSA) is 24.5 Å². The summed E-state index contributed by atoms with van der Waals surface area (Å²) in [5, 5.41) is 3.54. The molecule has 1 aliphatic rings. The first-order valence-electron chi connectivity index (χ1n) is 7.77. The molecule has 1 rings (SSSR count). The van der Waals surface area contributed by atoms with Gasteiger partial charge in [-0.3, -0.25) is 4.90 Å². The molecule has 0 aromatic rings. The fourth-order valence-electron chi connectivity index (χ4n) is 2.39. The minimum atomic E-state index is 0.481. The summed E-state index contributed by atoms with van der Waals surface area (Å²) in [6, 6.07) is 0. The largest absolute Gasteiger partial charge is 0.377 e. The highest BCUT2D eigenvalue weighted by atomic mass is 16.5. The van der Waals surface area contributed by atoms with Crippen LogP contribution in [0.4, 0.5) is 0 Å². The summed E-state index contributed by atoms with van der Waals surface area (Å²) in [7, 11) is 0. The zero-order chi connectivity index (χ0) is 13.2. The van der Waals surface area contributed by atoms with E-state index in [9.17, 15) is 0 Å². The summed E-state index contributed by atoms with van der Waals surface area (Å²) in [4.78, 5) is 2.55. The van der Waals surface area contributed by atoms with E-state index >= 15 is 0 Å². The highest BCUT2D eigenvalue weighted by molar-refractivity contribution is 4.73. The molecule has 18 heavy (non-hydrogen) atoms. The van der Waals surface area contributed by atoms with Crippen molar-refractivity contribution in [2.75, 3.05) is 39.3 Å². The lowest BCUT2D eigenvalue weighted by Gasteiger charge is -2.32. The van der Waals surface area contributed by atoms with Crippen LogP contribution in [0.2, 0.25) is 0 Å². The molecule has 0 radical (unpaired) electrons. The smallest absolute Gasteiger partial charge is 0.0702 e. The molecule has 1 aliphatic heterocycles. The third kappa shape index (κ3) is 7.34. The SMILES string of the molecule is CCCOC1CCCN(CCNCCC(C)C)C1. The summed E-state index contributed by atoms with van der Waals surface area (Å²) in [5.74, 6) is 0.805. The summed E-state index contributed by atoms with van der Waals surface area (Å²) < 4.78 is 5.86. The normalized spacial score (nSPS) is 21.7. The van der Waals surface area contributed by atoms with Gasteiger partial charge in [0.1, 0.15) is 0 Å². The van der Waals surface area contributed by atoms with Crippen LogP contribution in [0.15, 0.2) is 0 Å². The van der Waals surface area contributed by atoms with E-state index in [2.05, 4.69) is 31.0 Å². The van der Waals surface area contributed by atoms with Gasteiger partial charge in [0.05, 0.1) is 6.10 Å². The van der Waals surface area contributed by atoms with E-state index in [0.29, 0.717) is 6.10 Å². The summed E-state index contributed by atoms with van der Waals surface area (Å²) in [5.41, 5.74) is 0. The maximum atomic E-state index is 5.86. The molecular formula is C15H32N2O. The van der Waals surface area contributed by atoms with Crippen molar-refractivity contribution in [2.45, 2.75) is 52.6 Å². The fourth-order valence-corrected chi connectivity index (χ4v) is 2.39. The Morgan fingerprint density at radius 3 is 2.89 bits per heavy atom. The Balaban J connectivity index is 2.03. The van der Waals surface area contributed by atoms with Gasteiger partial charge >= 0.3 is 0 Å². The second-order valence-electron chi connectivity index (χ2n) is 5.87. The number of nitrogens with one attached hydrogen (secondary N) is 1. The molecule has 3 nitrogen and oxygen atoms in total. The number of piperidine rings is 1. The number of nitrogens with zero attached hydrogens (tertiary/aromatic N) is 1. The highest BCUT2D eigenvalue weighted by Crippen LogP contribution is 2.12. The molecule has 0 aromatic heterocycles. The van der Waals surface area contributed by atoms with E-state index < -0.39 is 0 Å². The minimum Gasteiger partial charge on any atom is -0.377 e. The van der Waals surface area contributed by atoms with Gasteiger partial charge in [0, 0.05) is 26.2 Å². The average molecular weight is 256 g/mol. The van der Waals surface area contributed by atoms with Gasteiger partial charge in [-0.15, -0.1) is 0 Å². The Morgan fingerprint density at radius 1 is 1.33 bits per heavy atom. The first-order chi connectivity index (χ1) is 8.72. The standard InChI is InChI=1S/C15H32N2O/c1-4-12-18-15-6-5-10-17(13-15)11-9-16-8-7-14(2)3/h14-16H,4-13H2,1-3H3. The molecule has 108 valence electrons. The number of likely N-dealkylation sites (tertiary alicyclic amines) is 1. The Morgan fingerprint density at radius 2 is 2.17 bits per heavy atom. The van der Waals surface area contributed by atoms with Crippen LogP contribution < -0.4 is 5.32 Å². The molecule has 0 aliphatic carbocycles. The van der Waals surface area contributed by atoms with Crippen LogP contribution in [0.25, 0.3) is 0 Å². The van der Waals surface area contributed by atoms with Crippen molar-refractivity contribution in [3.63, 3.8) is 0 Å². The van der Waals surface area contributed by atoms with Crippen LogP contribution in [-0.4, -0.2) is 50.3 Å². The molecule has 1 N–H and O–H groups in total. The zero-order valence-corrected chi connectivity index (χ0v) is 12.6. The fraction of sp³-hybridized carbons (Fsp3) is 1.00. The lowest BCUT2D eigenvalue weighted by atomic mass is 10.1. The van der Waals surface area contributed by atoms with Crippen molar-refractivity contribution in [3.05, 3.63) is 0 Å². The van der Waals surface area contributed by atoms with Gasteiger partial charge < -0.3 is 10.1 Å². The predicted octanol–water partition coefficient (Wildman–Crippen LogP) is 2.51. The highest BCUT2D eigenvalue weighted by Gasteiger charge is 2.19. The molecule has 1 saturated heterocycles. The van der Waals surface area contributed by atoms with Gasteiger partial charge in [0.15, 0.2) is 0 Å². The van der Waals surface area contributed by atoms with Gasteiger partial charge in [-0.25, -0.2) is 0 Å². The Hall–Kier alpha value is -0.120. The van der Waals surface area contributed by atoms with Crippen LogP contribution in [0.5, 0.6) is 0 Å². The lowest BCUT2D eigenvalue weighted by Crippen LogP contribution is -2.42. The van der Waals surface area contributed by atoms with Crippen LogP contribution in [0.1, 0.15) is 46.5 Å². The molecule has 1 atom stereocenters. The van der Waals surface area contributed by atoms with Gasteiger partial charge in [-0.1, -0.05) is 20.8 Å². The zero-order valence-electron chi connectivity index (χ0n) is 12.6. The number of rotatable bonds is 9. The third-order valence-corrected chi connectivity index (χ3v) is 3.52. The van der Waals surface area contributed by atoms with E-state index in [4.69, 9.17) is 4.74 Å². The first-order valence-corrected chi connectivity index (χ1v) is 7.77.